The molecule has 4 N–H and O–H groups in total. The van der Waals surface area contributed by atoms with Gasteiger partial charge in [0.25, 0.3) is 0 Å². The summed E-state index contributed by atoms with van der Waals surface area (Å²) in [6, 6.07) is 20.8. The smallest absolute Gasteiger partial charge is 0.306 e. The Labute approximate surface area is 403 Å². The fourth-order valence-electron chi connectivity index (χ4n) is 8.78. The predicted octanol–water partition coefficient (Wildman–Crippen LogP) is 7.61. The van der Waals surface area contributed by atoms with Gasteiger partial charge in [0.2, 0.25) is 17.7 Å². The normalized spacial score (nSPS) is 17.7. The molecule has 2 aliphatic heterocycles. The Morgan fingerprint density at radius 2 is 1.53 bits per heavy atom. The average Bonchev–Trinajstić information content (AvgIpc) is 4.07. The van der Waals surface area contributed by atoms with Crippen LogP contribution in [0.25, 0.3) is 26.6 Å². The zero-order valence-corrected chi connectivity index (χ0v) is 41.0. The first kappa shape index (κ1) is 48.1. The Kier molecular flexibility index (Phi) is 13.9. The summed E-state index contributed by atoms with van der Waals surface area (Å²) in [5.41, 5.74) is 10.4. The molecule has 6 aromatic rings. The number of aliphatic imine (C=N–C) groups is 1. The van der Waals surface area contributed by atoms with Crippen LogP contribution in [0.2, 0.25) is 0 Å². The summed E-state index contributed by atoms with van der Waals surface area (Å²) in [5.74, 6) is -1.10. The van der Waals surface area contributed by atoms with E-state index in [1.165, 1.54) is 4.90 Å². The monoisotopic (exact) mass is 956 g/mol. The molecule has 5 atom stereocenters. The van der Waals surface area contributed by atoms with Gasteiger partial charge < -0.3 is 30.5 Å². The molecule has 0 aliphatic carbocycles. The van der Waals surface area contributed by atoms with E-state index in [9.17, 15) is 29.4 Å². The van der Waals surface area contributed by atoms with Crippen molar-refractivity contribution in [2.75, 3.05) is 13.2 Å². The number of carboxylic acid groups (broad SMARTS) is 1. The summed E-state index contributed by atoms with van der Waals surface area (Å²) in [7, 11) is 0. The van der Waals surface area contributed by atoms with Gasteiger partial charge in [-0.25, -0.2) is 4.98 Å². The molecule has 0 saturated carbocycles. The maximum absolute atomic E-state index is 14.2. The second-order valence-electron chi connectivity index (χ2n) is 18.6. The Hall–Kier alpha value is -6.40. The standard InChI is InChI=1S/C51H56N8O7S2/c1-27-30(4)68-50-43(27)44(54-39(22-42(62)63)47-57-56-31(5)59(47)50)36-17-15-35(16-18-36)34-11-9-32(10-12-34)24-66-25-41(61)55-46(51(6,7)8)49(65)58-23-38(60)21-40(58)48(64)53-28(2)33-13-19-37(20-14-33)45-29(3)52-26-67-45/h9-20,26,28,38-40,46,60H,21-25H2,1-8H3,(H,53,64)(H,55,61)(H,62,63)/t28-,38+,39-,40-,46+/m0/s1. The number of thiophene rings is 1. The van der Waals surface area contributed by atoms with Gasteiger partial charge in [0, 0.05) is 29.0 Å². The van der Waals surface area contributed by atoms with Crippen molar-refractivity contribution in [3.63, 3.8) is 0 Å². The summed E-state index contributed by atoms with van der Waals surface area (Å²) >= 11 is 3.19. The number of hydrogen-bond donors (Lipinski definition) is 4. The Balaban J connectivity index is 0.875. The number of aliphatic carboxylic acids is 1. The van der Waals surface area contributed by atoms with Gasteiger partial charge in [0.15, 0.2) is 5.82 Å². The number of aromatic nitrogens is 4. The minimum atomic E-state index is -0.989. The number of likely N-dealkylation sites (tertiary alicyclic amines) is 1. The van der Waals surface area contributed by atoms with E-state index < -0.39 is 47.4 Å². The highest BCUT2D eigenvalue weighted by atomic mass is 32.1. The van der Waals surface area contributed by atoms with Crippen molar-refractivity contribution < 1.29 is 34.1 Å². The first-order chi connectivity index (χ1) is 32.4. The Bertz CT molecular complexity index is 2880. The molecule has 15 nitrogen and oxygen atoms in total. The summed E-state index contributed by atoms with van der Waals surface area (Å²) in [5, 5.41) is 35.9. The van der Waals surface area contributed by atoms with E-state index in [1.54, 1.807) is 22.7 Å². The number of carboxylic acids is 1. The van der Waals surface area contributed by atoms with Gasteiger partial charge in [-0.1, -0.05) is 93.6 Å². The third kappa shape index (κ3) is 10.1. The van der Waals surface area contributed by atoms with Crippen molar-refractivity contribution in [3.05, 3.63) is 128 Å². The van der Waals surface area contributed by atoms with E-state index in [1.807, 2.05) is 124 Å². The topological polar surface area (TPSA) is 201 Å². The van der Waals surface area contributed by atoms with Crippen LogP contribution in [0, 0.1) is 33.1 Å². The van der Waals surface area contributed by atoms with Gasteiger partial charge in [-0.05, 0) is 73.4 Å². The molecule has 1 saturated heterocycles. The number of hydrogen-bond acceptors (Lipinski definition) is 12. The largest absolute Gasteiger partial charge is 0.481 e. The van der Waals surface area contributed by atoms with Crippen molar-refractivity contribution in [2.24, 2.45) is 10.4 Å². The molecule has 3 amide bonds. The quantitative estimate of drug-likeness (QED) is 0.0843. The highest BCUT2D eigenvalue weighted by Crippen LogP contribution is 2.40. The SMILES string of the molecule is Cc1ncsc1-c1ccc([C@H](C)NC(=O)[C@@H]2C[C@@H](O)CN2C(=O)[C@@H](NC(=O)COCc2ccc(-c3ccc(C4=N[C@@H](CC(=O)O)c5nnc(C)n5-c5sc(C)c(C)c54)cc3)cc2)C(C)(C)C)cc1. The number of benzene rings is 3. The number of β-amino-alcohol motifs (C(OH)–C–C–N with tert-alkyl or cyclic N) is 1. The Morgan fingerprint density at radius 3 is 2.16 bits per heavy atom. The van der Waals surface area contributed by atoms with Gasteiger partial charge in [0.1, 0.15) is 35.6 Å². The van der Waals surface area contributed by atoms with Crippen molar-refractivity contribution in [1.82, 2.24) is 35.3 Å². The minimum Gasteiger partial charge on any atom is -0.481 e. The number of nitrogens with one attached hydrogen (secondary N) is 2. The van der Waals surface area contributed by atoms with Crippen LogP contribution in [0.5, 0.6) is 0 Å². The highest BCUT2D eigenvalue weighted by Gasteiger charge is 2.45. The summed E-state index contributed by atoms with van der Waals surface area (Å²) < 4.78 is 7.77. The van der Waals surface area contributed by atoms with E-state index in [4.69, 9.17) is 9.73 Å². The molecule has 2 aliphatic rings. The second-order valence-corrected chi connectivity index (χ2v) is 20.7. The van der Waals surface area contributed by atoms with Crippen molar-refractivity contribution in [3.8, 4) is 26.6 Å². The third-order valence-corrected chi connectivity index (χ3v) is 14.8. The molecule has 0 spiro atoms. The molecule has 1 fully saturated rings. The van der Waals surface area contributed by atoms with Gasteiger partial charge in [0.05, 0.1) is 47.0 Å². The molecule has 0 bridgehead atoms. The lowest BCUT2D eigenvalue weighted by Gasteiger charge is -2.35. The summed E-state index contributed by atoms with van der Waals surface area (Å²) in [6.07, 6.45) is -1.03. The van der Waals surface area contributed by atoms with E-state index in [0.29, 0.717) is 17.4 Å². The van der Waals surface area contributed by atoms with Gasteiger partial charge >= 0.3 is 5.97 Å². The number of aliphatic hydroxyl groups excluding tert-OH is 1. The number of fused-ring (bicyclic) bond motifs is 3. The maximum Gasteiger partial charge on any atom is 0.306 e. The van der Waals surface area contributed by atoms with Crippen LogP contribution in [0.1, 0.15) is 103 Å². The number of thiazole rings is 1. The molecular weight excluding hydrogens is 901 g/mol. The predicted molar refractivity (Wildman–Crippen MR) is 262 cm³/mol. The van der Waals surface area contributed by atoms with Gasteiger partial charge in [-0.15, -0.1) is 32.9 Å². The Morgan fingerprint density at radius 1 is 0.882 bits per heavy atom. The average molecular weight is 957 g/mol. The first-order valence-electron chi connectivity index (χ1n) is 22.6. The van der Waals surface area contributed by atoms with Crippen molar-refractivity contribution in [1.29, 1.82) is 0 Å². The van der Waals surface area contributed by atoms with Crippen molar-refractivity contribution >= 4 is 52.1 Å². The summed E-state index contributed by atoms with van der Waals surface area (Å²) in [4.78, 5) is 66.2. The third-order valence-electron chi connectivity index (χ3n) is 12.6. The molecule has 3 aromatic carbocycles. The van der Waals surface area contributed by atoms with E-state index in [0.717, 1.165) is 65.0 Å². The highest BCUT2D eigenvalue weighted by molar-refractivity contribution is 7.15. The number of aryl methyl sites for hydroxylation is 3. The minimum absolute atomic E-state index is 0.0296. The number of nitrogens with zero attached hydrogens (tertiary/aromatic N) is 6. The first-order valence-corrected chi connectivity index (χ1v) is 24.3. The van der Waals surface area contributed by atoms with Crippen LogP contribution >= 0.6 is 22.7 Å². The van der Waals surface area contributed by atoms with Gasteiger partial charge in [-0.3, -0.25) is 28.7 Å². The van der Waals surface area contributed by atoms with E-state index >= 15 is 0 Å². The second kappa shape index (κ2) is 19.7. The fourth-order valence-corrected chi connectivity index (χ4v) is 10.8. The molecule has 8 rings (SSSR count). The molecular formula is C51H56N8O7S2. The molecule has 5 heterocycles. The van der Waals surface area contributed by atoms with E-state index in [-0.39, 0.29) is 44.5 Å². The molecule has 68 heavy (non-hydrogen) atoms. The van der Waals surface area contributed by atoms with Crippen LogP contribution in [0.15, 0.2) is 83.3 Å². The van der Waals surface area contributed by atoms with Crippen LogP contribution in [0.4, 0.5) is 0 Å². The zero-order valence-electron chi connectivity index (χ0n) is 39.4. The molecule has 0 radical (unpaired) electrons. The number of carbonyl (C=O) groups excluding carboxylic acids is 3. The fraction of sp³-hybridized carbons (Fsp3) is 0.373. The lowest BCUT2D eigenvalue weighted by Crippen LogP contribution is -2.58. The number of aliphatic hydroxyl groups is 1. The van der Waals surface area contributed by atoms with Crippen LogP contribution in [0.3, 0.4) is 0 Å². The molecule has 3 aromatic heterocycles. The van der Waals surface area contributed by atoms with E-state index in [2.05, 4.69) is 39.7 Å². The van der Waals surface area contributed by atoms with Crippen LogP contribution in [-0.2, 0) is 30.5 Å². The number of rotatable bonds is 14. The maximum atomic E-state index is 14.2. The molecule has 17 heteroatoms. The number of amides is 3. The zero-order chi connectivity index (χ0) is 48.6. The van der Waals surface area contributed by atoms with Gasteiger partial charge in [-0.2, -0.15) is 0 Å². The van der Waals surface area contributed by atoms with Crippen molar-refractivity contribution in [2.45, 2.75) is 105 Å². The molecule has 0 unspecified atom stereocenters. The lowest BCUT2D eigenvalue weighted by atomic mass is 9.85. The summed E-state index contributed by atoms with van der Waals surface area (Å²) in [6.45, 7) is 15.2. The number of carbonyl (C=O) groups is 4. The molecule has 354 valence electrons. The van der Waals surface area contributed by atoms with Crippen LogP contribution in [-0.4, -0.2) is 95.6 Å². The van der Waals surface area contributed by atoms with Crippen LogP contribution < -0.4 is 10.6 Å². The number of ether oxygens (including phenoxy) is 1. The lowest BCUT2D eigenvalue weighted by molar-refractivity contribution is -0.144.